The second kappa shape index (κ2) is 4.42. The van der Waals surface area contributed by atoms with Crippen molar-refractivity contribution in [2.24, 2.45) is 11.1 Å². The lowest BCUT2D eigenvalue weighted by Crippen LogP contribution is -2.42. The molecule has 1 aromatic carbocycles. The molecule has 2 rings (SSSR count). The molecule has 1 aliphatic rings. The minimum Gasteiger partial charge on any atom is -0.384 e. The Hall–Kier alpha value is -0.730. The second-order valence-electron chi connectivity index (χ2n) is 4.42. The molecule has 0 radical (unpaired) electrons. The van der Waals surface area contributed by atoms with Gasteiger partial charge in [0, 0.05) is 17.3 Å². The van der Waals surface area contributed by atoms with E-state index in [4.69, 9.17) is 17.3 Å². The Morgan fingerprint density at radius 3 is 2.40 bits per heavy atom. The van der Waals surface area contributed by atoms with Crippen LogP contribution in [0.1, 0.15) is 19.3 Å². The Bertz CT molecular complexity index is 311. The van der Waals surface area contributed by atoms with Gasteiger partial charge in [0.1, 0.15) is 0 Å². The molecule has 82 valence electrons. The number of nitrogens with one attached hydrogen (secondary N) is 1. The summed E-state index contributed by atoms with van der Waals surface area (Å²) in [7, 11) is 0. The molecule has 1 fully saturated rings. The molecular weight excluding hydrogens is 208 g/mol. The van der Waals surface area contributed by atoms with Crippen molar-refractivity contribution in [3.8, 4) is 0 Å². The molecule has 0 aromatic heterocycles. The summed E-state index contributed by atoms with van der Waals surface area (Å²) >= 11 is 5.82. The fourth-order valence-electron chi connectivity index (χ4n) is 1.99. The minimum atomic E-state index is 0.347. The summed E-state index contributed by atoms with van der Waals surface area (Å²) in [6.07, 6.45) is 3.83. The maximum atomic E-state index is 5.82. The maximum Gasteiger partial charge on any atom is 0.0407 e. The molecule has 0 unspecified atom stereocenters. The van der Waals surface area contributed by atoms with Crippen LogP contribution < -0.4 is 11.1 Å². The minimum absolute atomic E-state index is 0.347. The molecule has 0 heterocycles. The molecule has 15 heavy (non-hydrogen) atoms. The van der Waals surface area contributed by atoms with Crippen LogP contribution in [0.15, 0.2) is 24.3 Å². The Labute approximate surface area is 95.8 Å². The van der Waals surface area contributed by atoms with Crippen LogP contribution in [-0.4, -0.2) is 13.1 Å². The molecule has 3 N–H and O–H groups in total. The van der Waals surface area contributed by atoms with Gasteiger partial charge in [0.15, 0.2) is 0 Å². The lowest BCUT2D eigenvalue weighted by atomic mass is 9.69. The zero-order chi connectivity index (χ0) is 10.7. The van der Waals surface area contributed by atoms with Crippen LogP contribution in [0.4, 0.5) is 5.69 Å². The van der Waals surface area contributed by atoms with E-state index in [0.717, 1.165) is 23.8 Å². The second-order valence-corrected chi connectivity index (χ2v) is 4.85. The van der Waals surface area contributed by atoms with Crippen LogP contribution >= 0.6 is 11.6 Å². The standard InChI is InChI=1S/C12H17ClN2/c13-10-2-4-11(5-3-10)15-9-12(8-14)6-1-7-12/h2-5,15H,1,6-9,14H2. The van der Waals surface area contributed by atoms with Crippen molar-refractivity contribution in [3.63, 3.8) is 0 Å². The fourth-order valence-corrected chi connectivity index (χ4v) is 2.11. The lowest BCUT2D eigenvalue weighted by molar-refractivity contribution is 0.163. The summed E-state index contributed by atoms with van der Waals surface area (Å²) in [5.41, 5.74) is 7.27. The van der Waals surface area contributed by atoms with Crippen molar-refractivity contribution in [1.29, 1.82) is 0 Å². The number of rotatable bonds is 4. The highest BCUT2D eigenvalue weighted by Gasteiger charge is 2.35. The predicted octanol–water partition coefficient (Wildman–Crippen LogP) is 2.88. The van der Waals surface area contributed by atoms with E-state index in [1.807, 2.05) is 24.3 Å². The summed E-state index contributed by atoms with van der Waals surface area (Å²) in [5.74, 6) is 0. The largest absolute Gasteiger partial charge is 0.384 e. The van der Waals surface area contributed by atoms with Gasteiger partial charge in [-0.25, -0.2) is 0 Å². The van der Waals surface area contributed by atoms with Gasteiger partial charge in [-0.1, -0.05) is 18.0 Å². The first-order valence-electron chi connectivity index (χ1n) is 5.44. The maximum absolute atomic E-state index is 5.82. The zero-order valence-electron chi connectivity index (χ0n) is 8.80. The van der Waals surface area contributed by atoms with Crippen molar-refractivity contribution in [1.82, 2.24) is 0 Å². The summed E-state index contributed by atoms with van der Waals surface area (Å²) in [5, 5.41) is 4.20. The van der Waals surface area contributed by atoms with Crippen LogP contribution in [0.5, 0.6) is 0 Å². The molecule has 0 spiro atoms. The highest BCUT2D eigenvalue weighted by atomic mass is 35.5. The number of benzene rings is 1. The molecule has 1 saturated carbocycles. The molecule has 0 aliphatic heterocycles. The third kappa shape index (κ3) is 2.44. The summed E-state index contributed by atoms with van der Waals surface area (Å²) in [4.78, 5) is 0. The van der Waals surface area contributed by atoms with E-state index in [1.54, 1.807) is 0 Å². The van der Waals surface area contributed by atoms with Crippen molar-refractivity contribution in [2.75, 3.05) is 18.4 Å². The van der Waals surface area contributed by atoms with Crippen LogP contribution in [-0.2, 0) is 0 Å². The van der Waals surface area contributed by atoms with E-state index in [9.17, 15) is 0 Å². The number of anilines is 1. The van der Waals surface area contributed by atoms with Crippen molar-refractivity contribution < 1.29 is 0 Å². The van der Waals surface area contributed by atoms with Gasteiger partial charge in [-0.3, -0.25) is 0 Å². The van der Waals surface area contributed by atoms with E-state index in [0.29, 0.717) is 5.41 Å². The molecule has 0 amide bonds. The average Bonchev–Trinajstić information content (AvgIpc) is 2.20. The summed E-state index contributed by atoms with van der Waals surface area (Å²) in [6, 6.07) is 7.82. The van der Waals surface area contributed by atoms with Gasteiger partial charge in [-0.05, 0) is 49.1 Å². The quantitative estimate of drug-likeness (QED) is 0.826. The zero-order valence-corrected chi connectivity index (χ0v) is 9.56. The fraction of sp³-hybridized carbons (Fsp3) is 0.500. The Morgan fingerprint density at radius 2 is 1.93 bits per heavy atom. The van der Waals surface area contributed by atoms with Gasteiger partial charge in [0.2, 0.25) is 0 Å². The first kappa shape index (κ1) is 10.8. The molecule has 1 aromatic rings. The molecule has 0 bridgehead atoms. The normalized spacial score (nSPS) is 18.3. The number of halogens is 1. The molecule has 0 saturated heterocycles. The van der Waals surface area contributed by atoms with E-state index >= 15 is 0 Å². The average molecular weight is 225 g/mol. The summed E-state index contributed by atoms with van der Waals surface area (Å²) < 4.78 is 0. The van der Waals surface area contributed by atoms with Crippen molar-refractivity contribution >= 4 is 17.3 Å². The van der Waals surface area contributed by atoms with Gasteiger partial charge >= 0.3 is 0 Å². The van der Waals surface area contributed by atoms with Gasteiger partial charge in [0.05, 0.1) is 0 Å². The number of hydrogen-bond acceptors (Lipinski definition) is 2. The Morgan fingerprint density at radius 1 is 1.27 bits per heavy atom. The van der Waals surface area contributed by atoms with Crippen molar-refractivity contribution in [2.45, 2.75) is 19.3 Å². The van der Waals surface area contributed by atoms with Gasteiger partial charge in [0.25, 0.3) is 0 Å². The van der Waals surface area contributed by atoms with Crippen LogP contribution in [0.2, 0.25) is 5.02 Å². The van der Waals surface area contributed by atoms with Gasteiger partial charge in [-0.15, -0.1) is 0 Å². The Kier molecular flexibility index (Phi) is 3.17. The monoisotopic (exact) mass is 224 g/mol. The van der Waals surface area contributed by atoms with Gasteiger partial charge in [-0.2, -0.15) is 0 Å². The predicted molar refractivity (Wildman–Crippen MR) is 65.3 cm³/mol. The van der Waals surface area contributed by atoms with E-state index in [2.05, 4.69) is 5.32 Å². The van der Waals surface area contributed by atoms with Crippen LogP contribution in [0.3, 0.4) is 0 Å². The Balaban J connectivity index is 1.90. The number of nitrogens with two attached hydrogens (primary N) is 1. The first-order valence-corrected chi connectivity index (χ1v) is 5.81. The van der Waals surface area contributed by atoms with E-state index < -0.39 is 0 Å². The molecule has 1 aliphatic carbocycles. The summed E-state index contributed by atoms with van der Waals surface area (Å²) in [6.45, 7) is 1.76. The molecular formula is C12H17ClN2. The highest BCUT2D eigenvalue weighted by Crippen LogP contribution is 2.39. The highest BCUT2D eigenvalue weighted by molar-refractivity contribution is 6.30. The van der Waals surface area contributed by atoms with Gasteiger partial charge < -0.3 is 11.1 Å². The van der Waals surface area contributed by atoms with Crippen molar-refractivity contribution in [3.05, 3.63) is 29.3 Å². The van der Waals surface area contributed by atoms with Crippen LogP contribution in [0, 0.1) is 5.41 Å². The van der Waals surface area contributed by atoms with E-state index in [-0.39, 0.29) is 0 Å². The molecule has 0 atom stereocenters. The smallest absolute Gasteiger partial charge is 0.0407 e. The first-order chi connectivity index (χ1) is 7.24. The molecule has 2 nitrogen and oxygen atoms in total. The lowest BCUT2D eigenvalue weighted by Gasteiger charge is -2.41. The SMILES string of the molecule is NCC1(CNc2ccc(Cl)cc2)CCC1. The van der Waals surface area contributed by atoms with Crippen LogP contribution in [0.25, 0.3) is 0 Å². The molecule has 3 heteroatoms. The third-order valence-corrected chi connectivity index (χ3v) is 3.61. The topological polar surface area (TPSA) is 38.0 Å². The van der Waals surface area contributed by atoms with E-state index in [1.165, 1.54) is 19.3 Å². The number of hydrogen-bond donors (Lipinski definition) is 2. The third-order valence-electron chi connectivity index (χ3n) is 3.36.